The molecule has 2 unspecified atom stereocenters. The number of carbonyl (C=O) groups is 4. The molecule has 0 fully saturated rings. The predicted octanol–water partition coefficient (Wildman–Crippen LogP) is 15.6. The molecule has 0 radical (unpaired) electrons. The van der Waals surface area contributed by atoms with Gasteiger partial charge in [-0.15, -0.1) is 0 Å². The van der Waals surface area contributed by atoms with E-state index in [4.69, 9.17) is 37.0 Å². The van der Waals surface area contributed by atoms with Crippen molar-refractivity contribution in [2.75, 3.05) is 39.6 Å². The largest absolute Gasteiger partial charge is 0.472 e. The van der Waals surface area contributed by atoms with Gasteiger partial charge in [0.25, 0.3) is 0 Å². The lowest BCUT2D eigenvalue weighted by molar-refractivity contribution is -0.161. The summed E-state index contributed by atoms with van der Waals surface area (Å²) in [5.74, 6) is -2.15. The Labute approximate surface area is 467 Å². The third kappa shape index (κ3) is 53.2. The Morgan fingerprint density at radius 3 is 0.766 bits per heavy atom. The molecule has 19 heteroatoms. The second-order valence-corrected chi connectivity index (χ2v) is 23.9. The maximum absolute atomic E-state index is 12.9. The fraction of sp³-hybridized carbons (Fsp3) is 0.931. The smallest absolute Gasteiger partial charge is 0.462 e. The van der Waals surface area contributed by atoms with Crippen molar-refractivity contribution in [2.24, 2.45) is 0 Å². The molecule has 0 amide bonds. The number of aliphatic hydroxyl groups excluding tert-OH is 1. The molecule has 0 heterocycles. The number of phosphoric ester groups is 2. The SMILES string of the molecule is CCCCCCCCCCCCCCCCCC(=O)O[C@H](COC(=O)CCCCCCCCCC)COP(=O)(O)OC[C@@H](O)COP(=O)(O)OC[C@@H](COC(=O)CCCCCCC)OC(=O)CCCCCCCCCCC. The van der Waals surface area contributed by atoms with Crippen molar-refractivity contribution in [3.8, 4) is 0 Å². The molecule has 17 nitrogen and oxygen atoms in total. The average molecular weight is 1140 g/mol. The van der Waals surface area contributed by atoms with Gasteiger partial charge in [-0.1, -0.05) is 240 Å². The lowest BCUT2D eigenvalue weighted by Gasteiger charge is -2.21. The van der Waals surface area contributed by atoms with Crippen molar-refractivity contribution in [2.45, 2.75) is 309 Å². The van der Waals surface area contributed by atoms with Gasteiger partial charge in [0.1, 0.15) is 19.3 Å². The zero-order chi connectivity index (χ0) is 56.9. The number of rotatable bonds is 59. The molecule has 5 atom stereocenters. The first-order valence-corrected chi connectivity index (χ1v) is 33.8. The van der Waals surface area contributed by atoms with Gasteiger partial charge in [-0.25, -0.2) is 9.13 Å². The fourth-order valence-corrected chi connectivity index (χ4v) is 10.2. The quantitative estimate of drug-likeness (QED) is 0.0222. The number of aliphatic hydroxyl groups is 1. The van der Waals surface area contributed by atoms with E-state index in [-0.39, 0.29) is 25.7 Å². The normalized spacial score (nSPS) is 14.3. The molecule has 0 aromatic heterocycles. The van der Waals surface area contributed by atoms with E-state index in [0.29, 0.717) is 25.7 Å². The molecule has 456 valence electrons. The van der Waals surface area contributed by atoms with Crippen LogP contribution in [0.4, 0.5) is 0 Å². The number of hydrogen-bond donors (Lipinski definition) is 3. The highest BCUT2D eigenvalue weighted by Gasteiger charge is 2.30. The zero-order valence-electron chi connectivity index (χ0n) is 48.9. The van der Waals surface area contributed by atoms with Crippen LogP contribution in [0, 0.1) is 0 Å². The summed E-state index contributed by atoms with van der Waals surface area (Å²) in [6, 6.07) is 0. The minimum Gasteiger partial charge on any atom is -0.462 e. The molecule has 0 saturated heterocycles. The molecule has 0 aliphatic rings. The van der Waals surface area contributed by atoms with E-state index < -0.39 is 97.5 Å². The number of unbranched alkanes of at least 4 members (excludes halogenated alkanes) is 33. The van der Waals surface area contributed by atoms with Crippen molar-refractivity contribution in [3.63, 3.8) is 0 Å². The summed E-state index contributed by atoms with van der Waals surface area (Å²) >= 11 is 0. The molecule has 0 rings (SSSR count). The summed E-state index contributed by atoms with van der Waals surface area (Å²) in [6.45, 7) is 4.72. The highest BCUT2D eigenvalue weighted by atomic mass is 31.2. The van der Waals surface area contributed by atoms with Gasteiger partial charge in [-0.2, -0.15) is 0 Å². The minimum atomic E-state index is -4.93. The molecule has 0 saturated carbocycles. The Morgan fingerprint density at radius 2 is 0.519 bits per heavy atom. The van der Waals surface area contributed by atoms with E-state index in [9.17, 15) is 43.2 Å². The molecular weight excluding hydrogens is 1030 g/mol. The maximum Gasteiger partial charge on any atom is 0.472 e. The molecule has 0 spiro atoms. The standard InChI is InChI=1S/C58H112O17P2/c1-5-9-13-17-20-23-24-25-26-27-28-30-33-37-41-45-58(63)75-54(49-69-56(61)43-39-35-31-22-19-15-11-7-3)51-73-77(66,67)71-47-52(59)46-70-76(64,65)72-50-53(48-68-55(60)42-38-34-16-12-8-4)74-57(62)44-40-36-32-29-21-18-14-10-6-2/h52-54,59H,5-51H2,1-4H3,(H,64,65)(H,66,67)/t52-,53+,54+/m0/s1. The summed E-state index contributed by atoms with van der Waals surface area (Å²) in [6.07, 6.45) is 36.6. The van der Waals surface area contributed by atoms with E-state index in [0.717, 1.165) is 103 Å². The van der Waals surface area contributed by atoms with E-state index in [1.165, 1.54) is 109 Å². The van der Waals surface area contributed by atoms with Crippen molar-refractivity contribution in [3.05, 3.63) is 0 Å². The maximum atomic E-state index is 12.9. The van der Waals surface area contributed by atoms with Crippen LogP contribution in [0.5, 0.6) is 0 Å². The van der Waals surface area contributed by atoms with Crippen molar-refractivity contribution >= 4 is 39.5 Å². The van der Waals surface area contributed by atoms with E-state index in [2.05, 4.69) is 27.7 Å². The van der Waals surface area contributed by atoms with Gasteiger partial charge in [0.05, 0.1) is 26.4 Å². The van der Waals surface area contributed by atoms with E-state index >= 15 is 0 Å². The lowest BCUT2D eigenvalue weighted by atomic mass is 10.0. The van der Waals surface area contributed by atoms with Crippen molar-refractivity contribution < 1.29 is 80.2 Å². The number of esters is 4. The van der Waals surface area contributed by atoms with Crippen LogP contribution >= 0.6 is 15.6 Å². The van der Waals surface area contributed by atoms with Gasteiger partial charge < -0.3 is 33.8 Å². The highest BCUT2D eigenvalue weighted by Crippen LogP contribution is 2.45. The first-order valence-electron chi connectivity index (χ1n) is 30.8. The predicted molar refractivity (Wildman–Crippen MR) is 303 cm³/mol. The first-order chi connectivity index (χ1) is 37.2. The summed E-state index contributed by atoms with van der Waals surface area (Å²) in [4.78, 5) is 71.6. The summed E-state index contributed by atoms with van der Waals surface area (Å²) in [5.41, 5.74) is 0. The molecule has 0 aliphatic heterocycles. The van der Waals surface area contributed by atoms with Gasteiger partial charge in [0.15, 0.2) is 12.2 Å². The van der Waals surface area contributed by atoms with Crippen molar-refractivity contribution in [1.29, 1.82) is 0 Å². The third-order valence-corrected chi connectivity index (χ3v) is 15.3. The van der Waals surface area contributed by atoms with Crippen LogP contribution in [0.3, 0.4) is 0 Å². The monoisotopic (exact) mass is 1140 g/mol. The minimum absolute atomic E-state index is 0.105. The number of carbonyl (C=O) groups excluding carboxylic acids is 4. The van der Waals surface area contributed by atoms with Gasteiger partial charge in [0, 0.05) is 25.7 Å². The topological polar surface area (TPSA) is 237 Å². The van der Waals surface area contributed by atoms with Crippen LogP contribution in [0.15, 0.2) is 0 Å². The van der Waals surface area contributed by atoms with Crippen molar-refractivity contribution in [1.82, 2.24) is 0 Å². The molecule has 0 bridgehead atoms. The van der Waals surface area contributed by atoms with Crippen LogP contribution in [-0.2, 0) is 65.4 Å². The average Bonchev–Trinajstić information content (AvgIpc) is 3.40. The van der Waals surface area contributed by atoms with Gasteiger partial charge in [-0.3, -0.25) is 37.3 Å². The van der Waals surface area contributed by atoms with Crippen LogP contribution in [-0.4, -0.2) is 96.7 Å². The van der Waals surface area contributed by atoms with Crippen LogP contribution < -0.4 is 0 Å². The summed E-state index contributed by atoms with van der Waals surface area (Å²) in [5, 5.41) is 10.5. The highest BCUT2D eigenvalue weighted by molar-refractivity contribution is 7.47. The van der Waals surface area contributed by atoms with Gasteiger partial charge in [0.2, 0.25) is 0 Å². The molecule has 77 heavy (non-hydrogen) atoms. The molecule has 0 aliphatic carbocycles. The summed E-state index contributed by atoms with van der Waals surface area (Å²) < 4.78 is 67.5. The number of ether oxygens (including phenoxy) is 4. The summed E-state index contributed by atoms with van der Waals surface area (Å²) in [7, 11) is -9.86. The lowest BCUT2D eigenvalue weighted by Crippen LogP contribution is -2.30. The van der Waals surface area contributed by atoms with Crippen LogP contribution in [0.1, 0.15) is 291 Å². The first kappa shape index (κ1) is 75.1. The fourth-order valence-electron chi connectivity index (χ4n) is 8.57. The van der Waals surface area contributed by atoms with Crippen LogP contribution in [0.2, 0.25) is 0 Å². The van der Waals surface area contributed by atoms with E-state index in [1.807, 2.05) is 0 Å². The van der Waals surface area contributed by atoms with Gasteiger partial charge >= 0.3 is 39.5 Å². The molecule has 0 aromatic carbocycles. The van der Waals surface area contributed by atoms with E-state index in [1.54, 1.807) is 0 Å². The molecule has 0 aromatic rings. The molecule has 3 N–H and O–H groups in total. The second kappa shape index (κ2) is 53.4. The zero-order valence-corrected chi connectivity index (χ0v) is 50.7. The number of phosphoric acid groups is 2. The van der Waals surface area contributed by atoms with Crippen LogP contribution in [0.25, 0.3) is 0 Å². The Morgan fingerprint density at radius 1 is 0.312 bits per heavy atom. The Hall–Kier alpha value is -1.94. The molecular formula is C58H112O17P2. The number of hydrogen-bond acceptors (Lipinski definition) is 15. The van der Waals surface area contributed by atoms with Gasteiger partial charge in [-0.05, 0) is 25.7 Å². The Balaban J connectivity index is 5.13. The Kier molecular flexibility index (Phi) is 52.0. The third-order valence-electron chi connectivity index (χ3n) is 13.4. The Bertz CT molecular complexity index is 1500. The second-order valence-electron chi connectivity index (χ2n) is 21.0.